The van der Waals surface area contributed by atoms with E-state index in [2.05, 4.69) is 62.1 Å². The minimum atomic E-state index is -2.11. The number of nitrogen functional groups attached to an aromatic ring is 1. The lowest BCUT2D eigenvalue weighted by atomic mass is 9.48. The molecule has 0 aliphatic heterocycles. The van der Waals surface area contributed by atoms with E-state index in [1.807, 2.05) is 13.0 Å². The maximum atomic E-state index is 14.0. The minimum Gasteiger partial charge on any atom is -0.481 e. The summed E-state index contributed by atoms with van der Waals surface area (Å²) >= 11 is 0. The molecular weight excluding hydrogens is 1400 g/mol. The van der Waals surface area contributed by atoms with Gasteiger partial charge in [-0.1, -0.05) is 40.2 Å². The van der Waals surface area contributed by atoms with E-state index in [1.54, 1.807) is 13.0 Å². The molecule has 20 N–H and O–H groups in total. The number of aromatic amines is 1. The average Bonchev–Trinajstić information content (AvgIpc) is 0.723. The summed E-state index contributed by atoms with van der Waals surface area (Å²) in [5, 5.41) is 78.2. The fourth-order valence-electron chi connectivity index (χ4n) is 12.2. The van der Waals surface area contributed by atoms with Gasteiger partial charge in [-0.25, -0.2) is 24.4 Å². The zero-order chi connectivity index (χ0) is 75.9. The van der Waals surface area contributed by atoms with Gasteiger partial charge in [0.1, 0.15) is 49.1 Å². The number of nitrogens with one attached hydrogen (secondary N) is 8. The maximum Gasteiger partial charge on any atom is 0.508 e. The van der Waals surface area contributed by atoms with Crippen molar-refractivity contribution in [3.8, 4) is 0 Å². The highest BCUT2D eigenvalue weighted by atomic mass is 33.1. The molecule has 103 heavy (non-hydrogen) atoms. The number of benzene rings is 1. The smallest absolute Gasteiger partial charge is 0.481 e. The van der Waals surface area contributed by atoms with Gasteiger partial charge in [-0.05, 0) is 93.7 Å². The number of aliphatic hydroxyl groups is 2. The number of aliphatic hydroxyl groups excluding tert-OH is 1. The number of H-pyrrole nitrogens is 1. The first-order valence-electron chi connectivity index (χ1n) is 32.1. The first kappa shape index (κ1) is 81.4. The molecule has 3 aliphatic carbocycles. The van der Waals surface area contributed by atoms with E-state index in [0.717, 1.165) is 27.2 Å². The number of ether oxygens (including phenoxy) is 2. The molecule has 12 unspecified atom stereocenters. The number of carbonyl (C=O) groups excluding carboxylic acids is 10. The molecule has 1 aromatic carbocycles. The number of rotatable bonds is 40. The van der Waals surface area contributed by atoms with Crippen LogP contribution in [0.15, 0.2) is 64.1 Å². The molecule has 12 atom stereocenters. The Bertz CT molecular complexity index is 3850. The van der Waals surface area contributed by atoms with Crippen LogP contribution in [0.2, 0.25) is 0 Å². The summed E-state index contributed by atoms with van der Waals surface area (Å²) in [5.74, 6) is -16.1. The first-order valence-corrected chi connectivity index (χ1v) is 34.6. The van der Waals surface area contributed by atoms with E-state index in [0.29, 0.717) is 24.2 Å². The average molecular weight is 1480 g/mol. The molecule has 0 saturated heterocycles. The molecule has 2 saturated carbocycles. The van der Waals surface area contributed by atoms with Crippen LogP contribution in [0, 0.1) is 23.2 Å². The zero-order valence-electron chi connectivity index (χ0n) is 55.7. The van der Waals surface area contributed by atoms with E-state index in [9.17, 15) is 103 Å². The van der Waals surface area contributed by atoms with Crippen molar-refractivity contribution >= 4 is 134 Å². The van der Waals surface area contributed by atoms with Crippen molar-refractivity contribution in [3.05, 3.63) is 75.9 Å². The molecule has 3 aliphatic rings. The van der Waals surface area contributed by atoms with E-state index in [1.165, 1.54) is 36.5 Å². The number of aromatic nitrogens is 4. The zero-order valence-corrected chi connectivity index (χ0v) is 57.3. The molecule has 6 rings (SSSR count). The Balaban J connectivity index is 0.966. The summed E-state index contributed by atoms with van der Waals surface area (Å²) in [7, 11) is 1.87. The van der Waals surface area contributed by atoms with Crippen LogP contribution in [0.3, 0.4) is 0 Å². The second kappa shape index (κ2) is 37.9. The largest absolute Gasteiger partial charge is 0.508 e. The quantitative estimate of drug-likeness (QED) is 0.00737. The number of amides is 6. The number of hydrogen-bond donors (Lipinski definition) is 17. The third-order valence-electron chi connectivity index (χ3n) is 17.2. The fourth-order valence-corrected chi connectivity index (χ4v) is 14.2. The number of fused-ring (bicyclic) bond motifs is 4. The standard InChI is InChI=1S/C63H81N15O23S2/c1-62-17-15-34(80)22-31(62)7-11-36-37(63(2,99)25-44(82)48(36)62)12-10-35(81)28-101-61(98)100-20-21-102-103-29-43(58(96)97)76-53(90)39(16-19-79)73-55(92)42(24-47(86)87)75-52(89)38(4-3-18-67-59(64)65)72-54(91)41(23-46(84)85)71-45(83)14-13-40(57(94)95)74-51(88)30-5-8-32(9-6-30)68-26-33-27-69-50-49(70-33)56(93)78-60(66)77-50/h5-6,8-9,15,17,19,22,27,36-44,48,68,82,99H,3-4,7,10-14,16,18,20-21,23-26,28-29H2,1-2H3,(H,71,83)(H,72,91)(H,73,92)(H,74,88)(H,75,89)(H,76,90)(H,84,85)(H,86,87)(H,94,95)(H,96,97)(H4,64,65,67)(H3,66,69,77,78,93). The molecule has 0 bridgehead atoms. The Morgan fingerprint density at radius 1 is 0.786 bits per heavy atom. The summed E-state index contributed by atoms with van der Waals surface area (Å²) in [5.41, 5.74) is 15.6. The van der Waals surface area contributed by atoms with Crippen molar-refractivity contribution in [1.29, 1.82) is 0 Å². The van der Waals surface area contributed by atoms with Gasteiger partial charge in [0.25, 0.3) is 11.5 Å². The summed E-state index contributed by atoms with van der Waals surface area (Å²) in [6.45, 7) is 2.55. The maximum absolute atomic E-state index is 14.0. The second-order valence-corrected chi connectivity index (χ2v) is 27.4. The molecule has 3 aromatic rings. The summed E-state index contributed by atoms with van der Waals surface area (Å²) in [6.07, 6.45) is 0.755. The molecular formula is C63H81N15O23S2. The van der Waals surface area contributed by atoms with Gasteiger partial charge in [-0.3, -0.25) is 62.7 Å². The number of anilines is 2. The molecule has 0 spiro atoms. The van der Waals surface area contributed by atoms with Crippen LogP contribution in [-0.2, 0) is 73.6 Å². The molecule has 38 nitrogen and oxygen atoms in total. The van der Waals surface area contributed by atoms with Crippen molar-refractivity contribution in [2.24, 2.45) is 39.6 Å². The van der Waals surface area contributed by atoms with E-state index in [-0.39, 0.29) is 109 Å². The Labute approximate surface area is 593 Å². The molecule has 558 valence electrons. The van der Waals surface area contributed by atoms with Crippen molar-refractivity contribution in [3.63, 3.8) is 0 Å². The van der Waals surface area contributed by atoms with Gasteiger partial charge in [-0.2, -0.15) is 4.98 Å². The fraction of sp³-hybridized carbons (Fsp3) is 0.508. The summed E-state index contributed by atoms with van der Waals surface area (Å²) in [4.78, 5) is 210. The van der Waals surface area contributed by atoms with Gasteiger partial charge in [0.15, 0.2) is 35.3 Å². The lowest BCUT2D eigenvalue weighted by Gasteiger charge is -2.58. The lowest BCUT2D eigenvalue weighted by molar-refractivity contribution is -0.160. The normalized spacial score (nSPS) is 20.5. The summed E-state index contributed by atoms with van der Waals surface area (Å²) < 4.78 is 10.0. The third-order valence-corrected chi connectivity index (χ3v) is 19.6. The Kier molecular flexibility index (Phi) is 29.9. The molecule has 2 fully saturated rings. The number of aldehydes is 1. The van der Waals surface area contributed by atoms with E-state index < -0.39 is 181 Å². The van der Waals surface area contributed by atoms with Gasteiger partial charge in [0, 0.05) is 66.3 Å². The van der Waals surface area contributed by atoms with Gasteiger partial charge >= 0.3 is 30.0 Å². The number of nitrogens with zero attached hydrogens (tertiary/aromatic N) is 4. The SMILES string of the molecule is CC1(O)CC(O)C2C(CCC3=CC(=O)C=CC32C)C1CCC(=O)COC(=O)OCCSSCC(NC(=O)C(CC=O)NC(=O)C(CC(=O)O)NC(=O)C(CCCN=C(N)N)NC(=O)C(CC(=O)O)NC(=O)CCC(NC(=O)c1ccc(NCc2cnc3nc(N)[nH]c(=O)c3n2)cc1)C(=O)O)C(=O)O. The van der Waals surface area contributed by atoms with Crippen molar-refractivity contribution in [2.45, 2.75) is 145 Å². The number of ketones is 2. The number of aliphatic imine (C=N–C) groups is 1. The van der Waals surface area contributed by atoms with Crippen LogP contribution in [0.1, 0.15) is 107 Å². The molecule has 0 radical (unpaired) electrons. The summed E-state index contributed by atoms with van der Waals surface area (Å²) in [6, 6.07) is -5.56. The highest BCUT2D eigenvalue weighted by Gasteiger charge is 2.57. The highest BCUT2D eigenvalue weighted by Crippen LogP contribution is 2.59. The van der Waals surface area contributed by atoms with Crippen LogP contribution in [-0.4, -0.2) is 219 Å². The number of guanidine groups is 1. The van der Waals surface area contributed by atoms with Crippen LogP contribution in [0.5, 0.6) is 0 Å². The third kappa shape index (κ3) is 24.3. The van der Waals surface area contributed by atoms with E-state index >= 15 is 0 Å². The molecule has 40 heteroatoms. The number of carboxylic acid groups (broad SMARTS) is 4. The monoisotopic (exact) mass is 1480 g/mol. The molecule has 6 amide bonds. The number of aliphatic carboxylic acids is 4. The Morgan fingerprint density at radius 2 is 1.42 bits per heavy atom. The van der Waals surface area contributed by atoms with Gasteiger partial charge in [0.2, 0.25) is 35.5 Å². The predicted octanol–water partition coefficient (Wildman–Crippen LogP) is -1.92. The topological polar surface area (TPSA) is 625 Å². The lowest BCUT2D eigenvalue weighted by Crippen LogP contribution is -2.59. The number of carbonyl (C=O) groups is 14. The van der Waals surface area contributed by atoms with Gasteiger partial charge in [-0.15, -0.1) is 0 Å². The van der Waals surface area contributed by atoms with Gasteiger partial charge in [0.05, 0.1) is 43.0 Å². The first-order chi connectivity index (χ1) is 48.7. The van der Waals surface area contributed by atoms with Crippen molar-refractivity contribution in [1.82, 2.24) is 51.8 Å². The molecule has 2 heterocycles. The van der Waals surface area contributed by atoms with Crippen LogP contribution < -0.4 is 60.0 Å². The van der Waals surface area contributed by atoms with Gasteiger partial charge < -0.3 is 99.3 Å². The number of Topliss-reactive ketones (excluding diaryl/α,β-unsaturated/α-hetero) is 1. The number of allylic oxidation sites excluding steroid dienone is 4. The van der Waals surface area contributed by atoms with Crippen LogP contribution in [0.25, 0.3) is 11.2 Å². The molecule has 2 aromatic heterocycles. The second-order valence-electron chi connectivity index (χ2n) is 24.8. The predicted molar refractivity (Wildman–Crippen MR) is 364 cm³/mol. The Morgan fingerprint density at radius 3 is 2.07 bits per heavy atom. The minimum absolute atomic E-state index is 0.0150. The number of carboxylic acids is 4. The van der Waals surface area contributed by atoms with Crippen LogP contribution in [0.4, 0.5) is 16.4 Å². The van der Waals surface area contributed by atoms with Crippen molar-refractivity contribution in [2.75, 3.05) is 42.3 Å². The Hall–Kier alpha value is -10.6. The number of hydrogen-bond acceptors (Lipinski definition) is 27. The van der Waals surface area contributed by atoms with E-state index in [4.69, 9.17) is 26.7 Å². The highest BCUT2D eigenvalue weighted by molar-refractivity contribution is 8.76. The number of nitrogens with two attached hydrogens (primary N) is 3. The van der Waals surface area contributed by atoms with Crippen LogP contribution >= 0.6 is 21.6 Å². The van der Waals surface area contributed by atoms with Crippen molar-refractivity contribution < 1.29 is 107 Å².